The third-order valence-electron chi connectivity index (χ3n) is 6.73. The summed E-state index contributed by atoms with van der Waals surface area (Å²) in [5.41, 5.74) is 5.58. The van der Waals surface area contributed by atoms with E-state index in [1.165, 1.54) is 16.7 Å². The standard InChI is InChI=1S/C27H34N2O3.ClH/c1-28(15-12-20-7-6-8-24(17-20)32-2)14-5-3-4-9-25(30)23-18-21-10-11-26(31)29-16-13-22(19-23)27(21)29;/h6-8,17-19H,3-5,9-16H2,1-2H3;1H. The van der Waals surface area contributed by atoms with E-state index < -0.39 is 0 Å². The van der Waals surface area contributed by atoms with Crippen molar-refractivity contribution in [1.29, 1.82) is 0 Å². The van der Waals surface area contributed by atoms with E-state index in [0.29, 0.717) is 12.8 Å². The molecule has 0 saturated carbocycles. The molecule has 2 aliphatic rings. The number of unbranched alkanes of at least 4 members (excludes halogenated alkanes) is 2. The zero-order chi connectivity index (χ0) is 22.5. The van der Waals surface area contributed by atoms with Crippen molar-refractivity contribution in [1.82, 2.24) is 4.90 Å². The number of methoxy groups -OCH3 is 1. The Bertz CT molecular complexity index is 991. The van der Waals surface area contributed by atoms with E-state index in [1.807, 2.05) is 29.2 Å². The van der Waals surface area contributed by atoms with E-state index in [0.717, 1.165) is 75.2 Å². The molecule has 33 heavy (non-hydrogen) atoms. The quantitative estimate of drug-likeness (QED) is 0.347. The van der Waals surface area contributed by atoms with Crippen LogP contribution in [0.4, 0.5) is 5.69 Å². The summed E-state index contributed by atoms with van der Waals surface area (Å²) in [7, 11) is 3.86. The van der Waals surface area contributed by atoms with Crippen LogP contribution in [0.2, 0.25) is 0 Å². The number of aryl methyl sites for hydroxylation is 1. The number of benzene rings is 2. The maximum absolute atomic E-state index is 12.8. The van der Waals surface area contributed by atoms with Crippen LogP contribution in [0, 0.1) is 0 Å². The number of amides is 1. The maximum atomic E-state index is 12.8. The summed E-state index contributed by atoms with van der Waals surface area (Å²) in [6.45, 7) is 2.83. The Hall–Kier alpha value is -2.37. The number of carbonyl (C=O) groups is 2. The molecule has 2 heterocycles. The van der Waals surface area contributed by atoms with Crippen LogP contribution in [0.15, 0.2) is 36.4 Å². The molecule has 2 aromatic carbocycles. The molecule has 0 radical (unpaired) electrons. The Morgan fingerprint density at radius 1 is 1.03 bits per heavy atom. The van der Waals surface area contributed by atoms with Crippen LogP contribution < -0.4 is 9.64 Å². The normalized spacial score (nSPS) is 14.3. The van der Waals surface area contributed by atoms with Crippen LogP contribution in [-0.2, 0) is 24.1 Å². The number of ether oxygens (including phenoxy) is 1. The van der Waals surface area contributed by atoms with Crippen molar-refractivity contribution in [3.05, 3.63) is 58.7 Å². The highest BCUT2D eigenvalue weighted by molar-refractivity contribution is 6.02. The fourth-order valence-corrected chi connectivity index (χ4v) is 4.87. The third-order valence-corrected chi connectivity index (χ3v) is 6.73. The number of hydrogen-bond donors (Lipinski definition) is 0. The highest BCUT2D eigenvalue weighted by Gasteiger charge is 2.31. The van der Waals surface area contributed by atoms with Crippen LogP contribution in [0.25, 0.3) is 0 Å². The fraction of sp³-hybridized carbons (Fsp3) is 0.481. The van der Waals surface area contributed by atoms with Gasteiger partial charge in [-0.25, -0.2) is 0 Å². The molecule has 1 amide bonds. The first-order chi connectivity index (χ1) is 15.5. The molecule has 178 valence electrons. The van der Waals surface area contributed by atoms with E-state index in [4.69, 9.17) is 4.74 Å². The summed E-state index contributed by atoms with van der Waals surface area (Å²) in [6, 6.07) is 12.3. The zero-order valence-corrected chi connectivity index (χ0v) is 20.6. The van der Waals surface area contributed by atoms with Gasteiger partial charge in [0.2, 0.25) is 5.91 Å². The van der Waals surface area contributed by atoms with Gasteiger partial charge in [0.15, 0.2) is 5.78 Å². The van der Waals surface area contributed by atoms with Gasteiger partial charge < -0.3 is 14.5 Å². The smallest absolute Gasteiger partial charge is 0.227 e. The summed E-state index contributed by atoms with van der Waals surface area (Å²) in [6.07, 6.45) is 6.92. The minimum Gasteiger partial charge on any atom is -0.497 e. The Kier molecular flexibility index (Phi) is 8.93. The van der Waals surface area contributed by atoms with Gasteiger partial charge in [0.25, 0.3) is 0 Å². The van der Waals surface area contributed by atoms with E-state index >= 15 is 0 Å². The molecule has 0 aliphatic carbocycles. The molecular weight excluding hydrogens is 436 g/mol. The molecule has 0 saturated heterocycles. The number of likely N-dealkylation sites (N-methyl/N-ethyl adjacent to an activating group) is 1. The van der Waals surface area contributed by atoms with Gasteiger partial charge >= 0.3 is 0 Å². The van der Waals surface area contributed by atoms with Crippen molar-refractivity contribution in [2.24, 2.45) is 0 Å². The average molecular weight is 471 g/mol. The third kappa shape index (κ3) is 6.15. The van der Waals surface area contributed by atoms with E-state index in [2.05, 4.69) is 24.1 Å². The Morgan fingerprint density at radius 3 is 2.61 bits per heavy atom. The molecule has 0 atom stereocenters. The van der Waals surface area contributed by atoms with Gasteiger partial charge in [0.1, 0.15) is 5.75 Å². The second kappa shape index (κ2) is 11.7. The first-order valence-electron chi connectivity index (χ1n) is 11.9. The zero-order valence-electron chi connectivity index (χ0n) is 19.8. The minimum atomic E-state index is 0. The Balaban J connectivity index is 0.00000306. The summed E-state index contributed by atoms with van der Waals surface area (Å²) in [5, 5.41) is 0. The van der Waals surface area contributed by atoms with Gasteiger partial charge in [-0.3, -0.25) is 9.59 Å². The number of halogens is 1. The number of ketones is 1. The minimum absolute atomic E-state index is 0. The highest BCUT2D eigenvalue weighted by Crippen LogP contribution is 2.37. The van der Waals surface area contributed by atoms with Crippen LogP contribution in [0.3, 0.4) is 0 Å². The second-order valence-corrected chi connectivity index (χ2v) is 9.08. The predicted octanol–water partition coefficient (Wildman–Crippen LogP) is 4.87. The van der Waals surface area contributed by atoms with Crippen molar-refractivity contribution in [3.8, 4) is 5.75 Å². The lowest BCUT2D eigenvalue weighted by Crippen LogP contribution is -2.32. The lowest BCUT2D eigenvalue weighted by atomic mass is 9.94. The summed E-state index contributed by atoms with van der Waals surface area (Å²) in [5.74, 6) is 1.38. The van der Waals surface area contributed by atoms with Gasteiger partial charge in [0, 0.05) is 31.5 Å². The molecule has 2 aromatic rings. The number of rotatable bonds is 11. The molecule has 2 aliphatic heterocycles. The Morgan fingerprint density at radius 2 is 1.82 bits per heavy atom. The van der Waals surface area contributed by atoms with Crippen molar-refractivity contribution in [2.45, 2.75) is 51.4 Å². The van der Waals surface area contributed by atoms with E-state index in [1.54, 1.807) is 7.11 Å². The number of hydrogen-bond acceptors (Lipinski definition) is 4. The van der Waals surface area contributed by atoms with Crippen LogP contribution >= 0.6 is 12.4 Å². The molecule has 0 spiro atoms. The topological polar surface area (TPSA) is 49.9 Å². The summed E-state index contributed by atoms with van der Waals surface area (Å²) in [4.78, 5) is 29.1. The number of carbonyl (C=O) groups excluding carboxylic acids is 2. The number of Topliss-reactive ketones (excluding diaryl/α,β-unsaturated/α-hetero) is 1. The molecule has 6 heteroatoms. The molecule has 0 fully saturated rings. The second-order valence-electron chi connectivity index (χ2n) is 9.08. The summed E-state index contributed by atoms with van der Waals surface area (Å²) >= 11 is 0. The van der Waals surface area contributed by atoms with Gasteiger partial charge in [-0.05, 0) is 86.7 Å². The lowest BCUT2D eigenvalue weighted by Gasteiger charge is -2.25. The monoisotopic (exact) mass is 470 g/mol. The van der Waals surface area contributed by atoms with E-state index in [9.17, 15) is 9.59 Å². The van der Waals surface area contributed by atoms with Crippen LogP contribution in [-0.4, -0.2) is 50.4 Å². The first-order valence-corrected chi connectivity index (χ1v) is 11.9. The van der Waals surface area contributed by atoms with Crippen LogP contribution in [0.5, 0.6) is 5.75 Å². The summed E-state index contributed by atoms with van der Waals surface area (Å²) < 4.78 is 5.29. The van der Waals surface area contributed by atoms with Crippen molar-refractivity contribution in [2.75, 3.05) is 38.7 Å². The largest absolute Gasteiger partial charge is 0.497 e. The predicted molar refractivity (Wildman–Crippen MR) is 135 cm³/mol. The number of anilines is 1. The Labute approximate surface area is 203 Å². The first kappa shape index (κ1) is 25.3. The fourth-order valence-electron chi connectivity index (χ4n) is 4.87. The molecule has 4 rings (SSSR count). The van der Waals surface area contributed by atoms with Gasteiger partial charge in [-0.1, -0.05) is 18.6 Å². The average Bonchev–Trinajstić information content (AvgIpc) is 3.25. The molecule has 0 bridgehead atoms. The molecule has 5 nitrogen and oxygen atoms in total. The lowest BCUT2D eigenvalue weighted by molar-refractivity contribution is -0.118. The van der Waals surface area contributed by atoms with Crippen molar-refractivity contribution in [3.63, 3.8) is 0 Å². The van der Waals surface area contributed by atoms with Crippen molar-refractivity contribution < 1.29 is 14.3 Å². The van der Waals surface area contributed by atoms with Crippen LogP contribution in [0.1, 0.15) is 59.2 Å². The maximum Gasteiger partial charge on any atom is 0.227 e. The van der Waals surface area contributed by atoms with Gasteiger partial charge in [-0.2, -0.15) is 0 Å². The molecule has 0 aromatic heterocycles. The molecular formula is C27H35ClN2O3. The molecule has 0 N–H and O–H groups in total. The number of nitrogens with zero attached hydrogens (tertiary/aromatic N) is 2. The SMILES string of the molecule is COc1cccc(CCN(C)CCCCCC(=O)c2cc3c4c(c2)CCN4C(=O)CC3)c1.Cl. The van der Waals surface area contributed by atoms with Gasteiger partial charge in [-0.15, -0.1) is 12.4 Å². The van der Waals surface area contributed by atoms with Gasteiger partial charge in [0.05, 0.1) is 12.8 Å². The van der Waals surface area contributed by atoms with Crippen molar-refractivity contribution >= 4 is 29.8 Å². The molecule has 0 unspecified atom stereocenters. The van der Waals surface area contributed by atoms with E-state index in [-0.39, 0.29) is 24.1 Å². The highest BCUT2D eigenvalue weighted by atomic mass is 35.5.